The standard InChI is InChI=1S/C9H14/c1-7-4-5-8(2)9(3)6-7/h4,6,8H,5H2,1-3H3/t8-/m1/s1. The van der Waals surface area contributed by atoms with Crippen molar-refractivity contribution in [2.24, 2.45) is 5.92 Å². The van der Waals surface area contributed by atoms with E-state index in [1.807, 2.05) is 0 Å². The molecule has 0 fully saturated rings. The maximum atomic E-state index is 2.30. The molecule has 0 unspecified atom stereocenters. The molecule has 0 aromatic carbocycles. The Morgan fingerprint density at radius 3 is 2.56 bits per heavy atom. The van der Waals surface area contributed by atoms with Gasteiger partial charge in [-0.25, -0.2) is 0 Å². The summed E-state index contributed by atoms with van der Waals surface area (Å²) in [6.45, 7) is 6.64. The van der Waals surface area contributed by atoms with Crippen molar-refractivity contribution in [3.63, 3.8) is 0 Å². The van der Waals surface area contributed by atoms with E-state index in [-0.39, 0.29) is 0 Å². The Hall–Kier alpha value is -0.520. The summed E-state index contributed by atoms with van der Waals surface area (Å²) >= 11 is 0. The molecule has 0 radical (unpaired) electrons. The molecule has 1 aliphatic carbocycles. The van der Waals surface area contributed by atoms with Crippen molar-refractivity contribution in [2.75, 3.05) is 0 Å². The van der Waals surface area contributed by atoms with Crippen molar-refractivity contribution in [2.45, 2.75) is 27.2 Å². The molecular weight excluding hydrogens is 108 g/mol. The minimum absolute atomic E-state index is 0.772. The maximum Gasteiger partial charge on any atom is -0.0196 e. The molecule has 50 valence electrons. The topological polar surface area (TPSA) is 0 Å². The molecule has 1 atom stereocenters. The highest BCUT2D eigenvalue weighted by molar-refractivity contribution is 5.26. The summed E-state index contributed by atoms with van der Waals surface area (Å²) in [7, 11) is 0. The summed E-state index contributed by atoms with van der Waals surface area (Å²) in [4.78, 5) is 0. The average Bonchev–Trinajstić information content (AvgIpc) is 1.80. The van der Waals surface area contributed by atoms with Gasteiger partial charge in [-0.15, -0.1) is 0 Å². The second-order valence-electron chi connectivity index (χ2n) is 2.97. The second-order valence-corrected chi connectivity index (χ2v) is 2.97. The number of allylic oxidation sites excluding steroid dienone is 4. The van der Waals surface area contributed by atoms with Crippen LogP contribution < -0.4 is 0 Å². The molecule has 0 N–H and O–H groups in total. The van der Waals surface area contributed by atoms with E-state index >= 15 is 0 Å². The molecule has 0 heterocycles. The summed E-state index contributed by atoms with van der Waals surface area (Å²) < 4.78 is 0. The first-order chi connectivity index (χ1) is 4.20. The van der Waals surface area contributed by atoms with Gasteiger partial charge in [-0.2, -0.15) is 0 Å². The monoisotopic (exact) mass is 122 g/mol. The van der Waals surface area contributed by atoms with Crippen LogP contribution in [0, 0.1) is 5.92 Å². The molecule has 0 saturated heterocycles. The summed E-state index contributed by atoms with van der Waals surface area (Å²) in [6, 6.07) is 0. The van der Waals surface area contributed by atoms with Gasteiger partial charge in [0.05, 0.1) is 0 Å². The summed E-state index contributed by atoms with van der Waals surface area (Å²) in [6.07, 6.45) is 5.81. The lowest BCUT2D eigenvalue weighted by Crippen LogP contribution is -1.99. The van der Waals surface area contributed by atoms with Gasteiger partial charge in [-0.05, 0) is 26.2 Å². The fraction of sp³-hybridized carbons (Fsp3) is 0.556. The molecule has 0 aromatic heterocycles. The minimum atomic E-state index is 0.772. The van der Waals surface area contributed by atoms with Crippen LogP contribution in [0.2, 0.25) is 0 Å². The van der Waals surface area contributed by atoms with Crippen LogP contribution in [0.5, 0.6) is 0 Å². The van der Waals surface area contributed by atoms with Crippen LogP contribution in [0.3, 0.4) is 0 Å². The number of rotatable bonds is 0. The van der Waals surface area contributed by atoms with Crippen LogP contribution in [0.1, 0.15) is 27.2 Å². The Morgan fingerprint density at radius 2 is 2.11 bits per heavy atom. The van der Waals surface area contributed by atoms with Crippen molar-refractivity contribution in [3.05, 3.63) is 23.3 Å². The lowest BCUT2D eigenvalue weighted by atomic mass is 9.92. The quantitative estimate of drug-likeness (QED) is 0.463. The second kappa shape index (κ2) is 2.38. The van der Waals surface area contributed by atoms with Gasteiger partial charge < -0.3 is 0 Å². The summed E-state index contributed by atoms with van der Waals surface area (Å²) in [5.74, 6) is 0.772. The smallest absolute Gasteiger partial charge is 0.0196 e. The van der Waals surface area contributed by atoms with Gasteiger partial charge in [0.1, 0.15) is 0 Å². The van der Waals surface area contributed by atoms with Crippen molar-refractivity contribution in [3.8, 4) is 0 Å². The first-order valence-corrected chi connectivity index (χ1v) is 3.55. The highest BCUT2D eigenvalue weighted by Gasteiger charge is 2.05. The molecule has 0 heteroatoms. The molecule has 0 saturated carbocycles. The van der Waals surface area contributed by atoms with Crippen molar-refractivity contribution >= 4 is 0 Å². The SMILES string of the molecule is CC1=CC[C@@H](C)C(C)=C1. The van der Waals surface area contributed by atoms with Crippen LogP contribution in [0.15, 0.2) is 23.3 Å². The number of hydrogen-bond acceptors (Lipinski definition) is 0. The molecule has 1 rings (SSSR count). The van der Waals surface area contributed by atoms with Gasteiger partial charge in [0, 0.05) is 0 Å². The Morgan fingerprint density at radius 1 is 1.44 bits per heavy atom. The van der Waals surface area contributed by atoms with Crippen LogP contribution in [-0.2, 0) is 0 Å². The predicted octanol–water partition coefficient (Wildman–Crippen LogP) is 2.92. The molecule has 0 aromatic rings. The van der Waals surface area contributed by atoms with Crippen LogP contribution in [0.4, 0.5) is 0 Å². The predicted molar refractivity (Wildman–Crippen MR) is 41.3 cm³/mol. The lowest BCUT2D eigenvalue weighted by Gasteiger charge is -2.14. The largest absolute Gasteiger partial charge is 0.0810 e. The first kappa shape index (κ1) is 6.60. The van der Waals surface area contributed by atoms with E-state index in [9.17, 15) is 0 Å². The van der Waals surface area contributed by atoms with Crippen molar-refractivity contribution in [1.29, 1.82) is 0 Å². The highest BCUT2D eigenvalue weighted by Crippen LogP contribution is 2.21. The van der Waals surface area contributed by atoms with Crippen LogP contribution >= 0.6 is 0 Å². The van der Waals surface area contributed by atoms with Crippen molar-refractivity contribution < 1.29 is 0 Å². The highest BCUT2D eigenvalue weighted by atomic mass is 14.1. The summed E-state index contributed by atoms with van der Waals surface area (Å²) in [5.41, 5.74) is 2.94. The Bertz CT molecular complexity index is 161. The van der Waals surface area contributed by atoms with Gasteiger partial charge in [0.25, 0.3) is 0 Å². The molecule has 1 aliphatic rings. The van der Waals surface area contributed by atoms with E-state index in [0.29, 0.717) is 0 Å². The third kappa shape index (κ3) is 1.44. The van der Waals surface area contributed by atoms with E-state index in [4.69, 9.17) is 0 Å². The Balaban J connectivity index is 2.74. The number of hydrogen-bond donors (Lipinski definition) is 0. The molecule has 9 heavy (non-hydrogen) atoms. The lowest BCUT2D eigenvalue weighted by molar-refractivity contribution is 0.681. The Labute approximate surface area is 57.3 Å². The van der Waals surface area contributed by atoms with Crippen LogP contribution in [-0.4, -0.2) is 0 Å². The van der Waals surface area contributed by atoms with Crippen LogP contribution in [0.25, 0.3) is 0 Å². The minimum Gasteiger partial charge on any atom is -0.0810 e. The van der Waals surface area contributed by atoms with E-state index < -0.39 is 0 Å². The summed E-state index contributed by atoms with van der Waals surface area (Å²) in [5, 5.41) is 0. The van der Waals surface area contributed by atoms with Crippen molar-refractivity contribution in [1.82, 2.24) is 0 Å². The zero-order valence-electron chi connectivity index (χ0n) is 6.44. The zero-order chi connectivity index (χ0) is 6.85. The molecule has 0 aliphatic heterocycles. The third-order valence-electron chi connectivity index (χ3n) is 2.03. The third-order valence-corrected chi connectivity index (χ3v) is 2.03. The molecule has 0 nitrogen and oxygen atoms in total. The van der Waals surface area contributed by atoms with E-state index in [0.717, 1.165) is 5.92 Å². The molecule has 0 bridgehead atoms. The maximum absolute atomic E-state index is 2.30. The normalized spacial score (nSPS) is 27.2. The Kier molecular flexibility index (Phi) is 1.75. The molecule has 0 amide bonds. The van der Waals surface area contributed by atoms with E-state index in [2.05, 4.69) is 32.9 Å². The fourth-order valence-corrected chi connectivity index (χ4v) is 1.11. The van der Waals surface area contributed by atoms with Gasteiger partial charge >= 0.3 is 0 Å². The van der Waals surface area contributed by atoms with Gasteiger partial charge in [0.2, 0.25) is 0 Å². The van der Waals surface area contributed by atoms with Gasteiger partial charge in [-0.3, -0.25) is 0 Å². The van der Waals surface area contributed by atoms with E-state index in [1.54, 1.807) is 0 Å². The zero-order valence-corrected chi connectivity index (χ0v) is 6.44. The van der Waals surface area contributed by atoms with Gasteiger partial charge in [-0.1, -0.05) is 30.2 Å². The molecule has 0 spiro atoms. The first-order valence-electron chi connectivity index (χ1n) is 3.55. The van der Waals surface area contributed by atoms with Gasteiger partial charge in [0.15, 0.2) is 0 Å². The molecular formula is C9H14. The fourth-order valence-electron chi connectivity index (χ4n) is 1.11. The average molecular weight is 122 g/mol. The van der Waals surface area contributed by atoms with E-state index in [1.165, 1.54) is 17.6 Å².